The van der Waals surface area contributed by atoms with Gasteiger partial charge in [0.25, 0.3) is 0 Å². The minimum atomic E-state index is 0.296. The fraction of sp³-hybridized carbons (Fsp3) is 0.667. The Kier molecular flexibility index (Phi) is 7.80. The van der Waals surface area contributed by atoms with Gasteiger partial charge >= 0.3 is 0 Å². The molecule has 1 fully saturated rings. The molecule has 28 heavy (non-hydrogen) atoms. The van der Waals surface area contributed by atoms with Gasteiger partial charge in [0.1, 0.15) is 0 Å². The molecule has 2 aliphatic heterocycles. The largest absolute Gasteiger partial charge is 0.493 e. The monoisotopic (exact) mass is 391 g/mol. The van der Waals surface area contributed by atoms with Crippen molar-refractivity contribution in [3.05, 3.63) is 23.3 Å². The maximum absolute atomic E-state index is 5.73. The second kappa shape index (κ2) is 10.5. The van der Waals surface area contributed by atoms with E-state index in [0.717, 1.165) is 76.0 Å². The summed E-state index contributed by atoms with van der Waals surface area (Å²) in [6.07, 6.45) is 4.48. The van der Waals surface area contributed by atoms with Crippen LogP contribution in [0.2, 0.25) is 0 Å². The maximum Gasteiger partial charge on any atom is 0.193 e. The highest BCUT2D eigenvalue weighted by Gasteiger charge is 2.21. The molecule has 1 unspecified atom stereocenters. The lowest BCUT2D eigenvalue weighted by molar-refractivity contribution is 0.0168. The fourth-order valence-electron chi connectivity index (χ4n) is 3.76. The van der Waals surface area contributed by atoms with Crippen LogP contribution in [0, 0.1) is 0 Å². The van der Waals surface area contributed by atoms with Crippen molar-refractivity contribution in [3.8, 4) is 11.5 Å². The number of nitrogens with one attached hydrogen (secondary N) is 1. The van der Waals surface area contributed by atoms with E-state index < -0.39 is 0 Å². The lowest BCUT2D eigenvalue weighted by Crippen LogP contribution is -2.44. The van der Waals surface area contributed by atoms with Gasteiger partial charge in [-0.2, -0.15) is 0 Å². The first-order valence-electron chi connectivity index (χ1n) is 10.1. The van der Waals surface area contributed by atoms with Crippen molar-refractivity contribution in [2.24, 2.45) is 4.99 Å². The Bertz CT molecular complexity index is 659. The highest BCUT2D eigenvalue weighted by molar-refractivity contribution is 5.80. The SMILES string of the molecule is CN=C(NCCCOCC1CCCO1)N1CCc2cc(OC)c(OC)cc2C1. The number of guanidine groups is 1. The molecule has 0 aliphatic carbocycles. The first-order chi connectivity index (χ1) is 13.7. The third kappa shape index (κ3) is 5.29. The molecular formula is C21H33N3O4. The van der Waals surface area contributed by atoms with E-state index in [2.05, 4.69) is 27.3 Å². The summed E-state index contributed by atoms with van der Waals surface area (Å²) >= 11 is 0. The Hall–Kier alpha value is -1.99. The first kappa shape index (κ1) is 20.7. The summed E-state index contributed by atoms with van der Waals surface area (Å²) < 4.78 is 22.2. The fourth-order valence-corrected chi connectivity index (χ4v) is 3.76. The number of hydrogen-bond acceptors (Lipinski definition) is 5. The lowest BCUT2D eigenvalue weighted by Gasteiger charge is -2.32. The van der Waals surface area contributed by atoms with E-state index in [9.17, 15) is 0 Å². The van der Waals surface area contributed by atoms with Crippen LogP contribution >= 0.6 is 0 Å². The molecule has 156 valence electrons. The molecule has 0 radical (unpaired) electrons. The van der Waals surface area contributed by atoms with E-state index in [1.54, 1.807) is 14.2 Å². The van der Waals surface area contributed by atoms with E-state index in [4.69, 9.17) is 18.9 Å². The zero-order chi connectivity index (χ0) is 19.8. The quantitative estimate of drug-likeness (QED) is 0.417. The number of methoxy groups -OCH3 is 2. The summed E-state index contributed by atoms with van der Waals surface area (Å²) in [6.45, 7) is 4.91. The van der Waals surface area contributed by atoms with Gasteiger partial charge in [-0.25, -0.2) is 0 Å². The average molecular weight is 392 g/mol. The normalized spacial score (nSPS) is 19.5. The Morgan fingerprint density at radius 3 is 2.71 bits per heavy atom. The number of rotatable bonds is 8. The number of benzene rings is 1. The van der Waals surface area contributed by atoms with Gasteiger partial charge in [-0.3, -0.25) is 4.99 Å². The van der Waals surface area contributed by atoms with Gasteiger partial charge in [0, 0.05) is 39.9 Å². The second-order valence-corrected chi connectivity index (χ2v) is 7.18. The number of aliphatic imine (C=N–C) groups is 1. The van der Waals surface area contributed by atoms with Crippen LogP contribution in [0.1, 0.15) is 30.4 Å². The minimum absolute atomic E-state index is 0.296. The zero-order valence-corrected chi connectivity index (χ0v) is 17.3. The van der Waals surface area contributed by atoms with Crippen molar-refractivity contribution in [1.29, 1.82) is 0 Å². The van der Waals surface area contributed by atoms with E-state index in [-0.39, 0.29) is 0 Å². The van der Waals surface area contributed by atoms with Gasteiger partial charge < -0.3 is 29.2 Å². The van der Waals surface area contributed by atoms with E-state index >= 15 is 0 Å². The van der Waals surface area contributed by atoms with Crippen molar-refractivity contribution >= 4 is 5.96 Å². The molecular weight excluding hydrogens is 358 g/mol. The molecule has 1 saturated heterocycles. The van der Waals surface area contributed by atoms with Crippen LogP contribution in [0.4, 0.5) is 0 Å². The molecule has 7 heteroatoms. The van der Waals surface area contributed by atoms with Gasteiger partial charge in [0.15, 0.2) is 17.5 Å². The summed E-state index contributed by atoms with van der Waals surface area (Å²) in [5.74, 6) is 2.49. The van der Waals surface area contributed by atoms with E-state index in [1.807, 2.05) is 7.05 Å². The van der Waals surface area contributed by atoms with Crippen molar-refractivity contribution in [2.75, 3.05) is 54.2 Å². The molecule has 0 saturated carbocycles. The average Bonchev–Trinajstić information content (AvgIpc) is 3.25. The van der Waals surface area contributed by atoms with Gasteiger partial charge in [0.05, 0.1) is 26.9 Å². The first-order valence-corrected chi connectivity index (χ1v) is 10.1. The predicted molar refractivity (Wildman–Crippen MR) is 109 cm³/mol. The molecule has 0 aromatic heterocycles. The number of fused-ring (bicyclic) bond motifs is 1. The molecule has 2 heterocycles. The van der Waals surface area contributed by atoms with Crippen LogP contribution in [0.15, 0.2) is 17.1 Å². The lowest BCUT2D eigenvalue weighted by atomic mass is 9.99. The Labute approximate surface area is 168 Å². The zero-order valence-electron chi connectivity index (χ0n) is 17.3. The smallest absolute Gasteiger partial charge is 0.193 e. The Morgan fingerprint density at radius 2 is 2.04 bits per heavy atom. The highest BCUT2D eigenvalue weighted by Crippen LogP contribution is 2.33. The van der Waals surface area contributed by atoms with Gasteiger partial charge in [-0.15, -0.1) is 0 Å². The van der Waals surface area contributed by atoms with Crippen LogP contribution in [0.25, 0.3) is 0 Å². The third-order valence-electron chi connectivity index (χ3n) is 5.31. The van der Waals surface area contributed by atoms with Gasteiger partial charge in [-0.1, -0.05) is 0 Å². The molecule has 7 nitrogen and oxygen atoms in total. The van der Waals surface area contributed by atoms with Crippen LogP contribution < -0.4 is 14.8 Å². The molecule has 0 amide bonds. The molecule has 1 atom stereocenters. The summed E-state index contributed by atoms with van der Waals surface area (Å²) in [7, 11) is 5.18. The van der Waals surface area contributed by atoms with Crippen molar-refractivity contribution < 1.29 is 18.9 Å². The van der Waals surface area contributed by atoms with Crippen molar-refractivity contribution in [3.63, 3.8) is 0 Å². The topological polar surface area (TPSA) is 64.6 Å². The van der Waals surface area contributed by atoms with Crippen molar-refractivity contribution in [2.45, 2.75) is 38.3 Å². The summed E-state index contributed by atoms with van der Waals surface area (Å²) in [4.78, 5) is 6.74. The number of nitrogens with zero attached hydrogens (tertiary/aromatic N) is 2. The van der Waals surface area contributed by atoms with Crippen LogP contribution in [-0.2, 0) is 22.4 Å². The minimum Gasteiger partial charge on any atom is -0.493 e. The molecule has 1 aromatic rings. The van der Waals surface area contributed by atoms with Crippen LogP contribution in [0.3, 0.4) is 0 Å². The molecule has 0 spiro atoms. The van der Waals surface area contributed by atoms with Gasteiger partial charge in [-0.05, 0) is 48.9 Å². The van der Waals surface area contributed by atoms with Gasteiger partial charge in [0.2, 0.25) is 0 Å². The summed E-state index contributed by atoms with van der Waals surface area (Å²) in [6, 6.07) is 4.17. The van der Waals surface area contributed by atoms with Crippen LogP contribution in [0.5, 0.6) is 11.5 Å². The molecule has 1 N–H and O–H groups in total. The summed E-state index contributed by atoms with van der Waals surface area (Å²) in [5.41, 5.74) is 2.57. The molecule has 3 rings (SSSR count). The third-order valence-corrected chi connectivity index (χ3v) is 5.31. The number of hydrogen-bond donors (Lipinski definition) is 1. The van der Waals surface area contributed by atoms with Crippen molar-refractivity contribution in [1.82, 2.24) is 10.2 Å². The Balaban J connectivity index is 1.45. The maximum atomic E-state index is 5.73. The molecule has 2 aliphatic rings. The Morgan fingerprint density at radius 1 is 1.25 bits per heavy atom. The summed E-state index contributed by atoms with van der Waals surface area (Å²) in [5, 5.41) is 3.46. The number of ether oxygens (including phenoxy) is 4. The molecule has 0 bridgehead atoms. The van der Waals surface area contributed by atoms with Crippen LogP contribution in [-0.4, -0.2) is 71.1 Å². The predicted octanol–water partition coefficient (Wildman–Crippen LogP) is 2.22. The second-order valence-electron chi connectivity index (χ2n) is 7.18. The standard InChI is InChI=1S/C21H33N3O4/c1-22-21(23-8-5-10-27-15-18-6-4-11-28-18)24-9-7-16-12-19(25-2)20(26-3)13-17(16)14-24/h12-13,18H,4-11,14-15H2,1-3H3,(H,22,23). The molecule has 1 aromatic carbocycles. The van der Waals surface area contributed by atoms with E-state index in [0.29, 0.717) is 12.7 Å². The highest BCUT2D eigenvalue weighted by atomic mass is 16.5. The van der Waals surface area contributed by atoms with E-state index in [1.165, 1.54) is 11.1 Å².